The Hall–Kier alpha value is -5.15. The van der Waals surface area contributed by atoms with Crippen LogP contribution in [0.15, 0.2) is 72.5 Å². The number of ketones is 3. The molecule has 1 heterocycles. The van der Waals surface area contributed by atoms with Crippen LogP contribution < -0.4 is 19.5 Å². The van der Waals surface area contributed by atoms with Crippen molar-refractivity contribution in [2.24, 2.45) is 5.92 Å². The molecule has 2 N–H and O–H groups in total. The highest BCUT2D eigenvalue weighted by Gasteiger charge is 2.58. The van der Waals surface area contributed by atoms with Gasteiger partial charge in [0.15, 0.2) is 17.3 Å². The van der Waals surface area contributed by atoms with Crippen LogP contribution in [0.5, 0.6) is 23.0 Å². The molecule has 0 fully saturated rings. The molecule has 4 aromatic rings. The maximum atomic E-state index is 13.9. The van der Waals surface area contributed by atoms with E-state index in [1.807, 2.05) is 61.5 Å². The summed E-state index contributed by atoms with van der Waals surface area (Å²) in [6.07, 6.45) is 1.09. The van der Waals surface area contributed by atoms with Gasteiger partial charge in [-0.25, -0.2) is 0 Å². The number of amides is 1. The molecule has 0 aromatic heterocycles. The van der Waals surface area contributed by atoms with Gasteiger partial charge < -0.3 is 24.6 Å². The summed E-state index contributed by atoms with van der Waals surface area (Å²) < 4.78 is 17.6. The molecule has 0 spiro atoms. The third kappa shape index (κ3) is 4.87. The Morgan fingerprint density at radius 3 is 2.43 bits per heavy atom. The fourth-order valence-corrected chi connectivity index (χ4v) is 6.46. The number of ether oxygens (including phenoxy) is 3. The number of aromatic hydroxyl groups is 1. The Bertz CT molecular complexity index is 2020. The van der Waals surface area contributed by atoms with Crippen molar-refractivity contribution >= 4 is 45.6 Å². The molecule has 1 aliphatic carbocycles. The van der Waals surface area contributed by atoms with Crippen LogP contribution in [0, 0.1) is 12.8 Å². The highest BCUT2D eigenvalue weighted by Crippen LogP contribution is 2.56. The first kappa shape index (κ1) is 30.9. The van der Waals surface area contributed by atoms with Gasteiger partial charge in [0, 0.05) is 34.7 Å². The van der Waals surface area contributed by atoms with Crippen LogP contribution in [-0.2, 0) is 33.0 Å². The number of phenolic OH excluding ortho intramolecular Hbond substituents is 1. The number of Topliss-reactive ketones (excluding diaryl/α,β-unsaturated/α-hetero) is 2. The van der Waals surface area contributed by atoms with Gasteiger partial charge in [-0.3, -0.25) is 19.2 Å². The molecule has 6 rings (SSSR count). The molecule has 0 radical (unpaired) electrons. The number of hydrogen-bond acceptors (Lipinski definition) is 8. The minimum absolute atomic E-state index is 0.00314. The third-order valence-corrected chi connectivity index (χ3v) is 9.07. The van der Waals surface area contributed by atoms with Crippen molar-refractivity contribution in [3.05, 3.63) is 105 Å². The molecule has 4 aromatic carbocycles. The number of rotatable bonds is 8. The molecule has 10 heteroatoms. The zero-order valence-electron chi connectivity index (χ0n) is 25.5. The molecule has 1 unspecified atom stereocenters. The van der Waals surface area contributed by atoms with E-state index in [1.54, 1.807) is 0 Å². The quantitative estimate of drug-likeness (QED) is 0.228. The van der Waals surface area contributed by atoms with Crippen LogP contribution in [0.2, 0.25) is 5.02 Å². The number of hydrogen-bond donors (Lipinski definition) is 2. The number of nitrogens with one attached hydrogen (secondary N) is 1. The van der Waals surface area contributed by atoms with Crippen LogP contribution in [0.1, 0.15) is 46.5 Å². The zero-order valence-corrected chi connectivity index (χ0v) is 26.3. The zero-order chi connectivity index (χ0) is 32.9. The minimum Gasteiger partial charge on any atom is -0.507 e. The standard InChI is InChI=1S/C36H30ClNO8/c1-18-13-27(45-17-20-9-5-8-12-24(20)37)22-11-7-6-10-21(22)23(18)16-38-35(43)31-28(44-4)14-26(41)32-33(31)46-29-15-25(40)30(19(2)39)34(42)36(29,32)3/h5-15,30,41H,16-17H2,1-4H3,(H,38,43)/t30?,36-/m1/s1. The number of carbonyl (C=O) groups excluding carboxylic acids is 4. The second-order valence-electron chi connectivity index (χ2n) is 11.5. The summed E-state index contributed by atoms with van der Waals surface area (Å²) in [5.74, 6) is -4.06. The van der Waals surface area contributed by atoms with Crippen LogP contribution in [0.3, 0.4) is 0 Å². The van der Waals surface area contributed by atoms with Crippen LogP contribution in [0.4, 0.5) is 0 Å². The summed E-state index contributed by atoms with van der Waals surface area (Å²) in [5.41, 5.74) is 0.848. The first-order chi connectivity index (χ1) is 22.0. The molecular weight excluding hydrogens is 610 g/mol. The lowest BCUT2D eigenvalue weighted by Crippen LogP contribution is -2.47. The first-order valence-electron chi connectivity index (χ1n) is 14.6. The number of halogens is 1. The fourth-order valence-electron chi connectivity index (χ4n) is 6.27. The summed E-state index contributed by atoms with van der Waals surface area (Å²) in [4.78, 5) is 52.3. The van der Waals surface area contributed by atoms with Gasteiger partial charge >= 0.3 is 0 Å². The van der Waals surface area contributed by atoms with Gasteiger partial charge in [-0.2, -0.15) is 0 Å². The van der Waals surface area contributed by atoms with E-state index in [4.69, 9.17) is 25.8 Å². The summed E-state index contributed by atoms with van der Waals surface area (Å²) in [5, 5.41) is 16.3. The first-order valence-corrected chi connectivity index (χ1v) is 14.9. The molecule has 2 atom stereocenters. The van der Waals surface area contributed by atoms with Crippen molar-refractivity contribution < 1.29 is 38.5 Å². The smallest absolute Gasteiger partial charge is 0.259 e. The highest BCUT2D eigenvalue weighted by atomic mass is 35.5. The summed E-state index contributed by atoms with van der Waals surface area (Å²) in [7, 11) is 1.33. The molecule has 1 amide bonds. The second kappa shape index (κ2) is 11.7. The number of aryl methyl sites for hydroxylation is 1. The lowest BCUT2D eigenvalue weighted by Gasteiger charge is -2.30. The van der Waals surface area contributed by atoms with Gasteiger partial charge in [0.2, 0.25) is 0 Å². The average molecular weight is 640 g/mol. The topological polar surface area (TPSA) is 128 Å². The Morgan fingerprint density at radius 1 is 1.04 bits per heavy atom. The van der Waals surface area contributed by atoms with Crippen molar-refractivity contribution in [3.8, 4) is 23.0 Å². The molecule has 46 heavy (non-hydrogen) atoms. The van der Waals surface area contributed by atoms with Crippen LogP contribution in [-0.4, -0.2) is 35.5 Å². The van der Waals surface area contributed by atoms with E-state index < -0.39 is 34.6 Å². The number of carbonyl (C=O) groups is 4. The van der Waals surface area contributed by atoms with Crippen molar-refractivity contribution in [1.82, 2.24) is 5.32 Å². The van der Waals surface area contributed by atoms with Gasteiger partial charge in [0.05, 0.1) is 12.7 Å². The SMILES string of the molecule is COc1cc(O)c2c(c1C(=O)NCc1c(C)cc(OCc3ccccc3Cl)c3ccccc13)OC1=CC(=O)C(C(C)=O)C(=O)[C@]12C. The van der Waals surface area contributed by atoms with E-state index in [0.717, 1.165) is 40.5 Å². The Balaban J connectivity index is 1.34. The molecular formula is C36H30ClNO8. The molecule has 0 saturated heterocycles. The summed E-state index contributed by atoms with van der Waals surface area (Å²) >= 11 is 6.33. The van der Waals surface area contributed by atoms with E-state index >= 15 is 0 Å². The molecule has 0 saturated carbocycles. The molecule has 1 aliphatic heterocycles. The maximum absolute atomic E-state index is 13.9. The largest absolute Gasteiger partial charge is 0.507 e. The number of fused-ring (bicyclic) bond motifs is 4. The van der Waals surface area contributed by atoms with Crippen LogP contribution in [0.25, 0.3) is 10.8 Å². The summed E-state index contributed by atoms with van der Waals surface area (Å²) in [6, 6.07) is 18.3. The maximum Gasteiger partial charge on any atom is 0.259 e. The Morgan fingerprint density at radius 2 is 1.74 bits per heavy atom. The van der Waals surface area contributed by atoms with Gasteiger partial charge in [0.1, 0.15) is 52.3 Å². The number of allylic oxidation sites excluding steroid dienone is 2. The van der Waals surface area contributed by atoms with Gasteiger partial charge in [-0.1, -0.05) is 54.1 Å². The van der Waals surface area contributed by atoms with Crippen molar-refractivity contribution in [1.29, 1.82) is 0 Å². The Kier molecular flexibility index (Phi) is 7.82. The predicted octanol–water partition coefficient (Wildman–Crippen LogP) is 5.92. The van der Waals surface area contributed by atoms with E-state index in [2.05, 4.69) is 5.32 Å². The lowest BCUT2D eigenvalue weighted by molar-refractivity contribution is -0.140. The van der Waals surface area contributed by atoms with E-state index in [1.165, 1.54) is 20.1 Å². The second-order valence-corrected chi connectivity index (χ2v) is 11.9. The highest BCUT2D eigenvalue weighted by molar-refractivity contribution is 6.31. The van der Waals surface area contributed by atoms with Crippen molar-refractivity contribution in [2.45, 2.75) is 39.3 Å². The third-order valence-electron chi connectivity index (χ3n) is 8.70. The van der Waals surface area contributed by atoms with Crippen molar-refractivity contribution in [2.75, 3.05) is 7.11 Å². The Labute approximate surface area is 269 Å². The van der Waals surface area contributed by atoms with E-state index in [-0.39, 0.29) is 47.3 Å². The number of methoxy groups -OCH3 is 1. The summed E-state index contributed by atoms with van der Waals surface area (Å²) in [6.45, 7) is 4.94. The molecule has 0 bridgehead atoms. The fraction of sp³-hybridized carbons (Fsp3) is 0.222. The monoisotopic (exact) mass is 639 g/mol. The normalized spacial score (nSPS) is 18.4. The molecule has 2 aliphatic rings. The predicted molar refractivity (Wildman–Crippen MR) is 171 cm³/mol. The number of benzene rings is 4. The number of phenols is 1. The van der Waals surface area contributed by atoms with Gasteiger partial charge in [0.25, 0.3) is 5.91 Å². The minimum atomic E-state index is -1.66. The van der Waals surface area contributed by atoms with E-state index in [9.17, 15) is 24.3 Å². The van der Waals surface area contributed by atoms with E-state index in [0.29, 0.717) is 10.8 Å². The van der Waals surface area contributed by atoms with Crippen molar-refractivity contribution in [3.63, 3.8) is 0 Å². The van der Waals surface area contributed by atoms with Gasteiger partial charge in [-0.05, 0) is 49.4 Å². The average Bonchev–Trinajstić information content (AvgIpc) is 3.33. The lowest BCUT2D eigenvalue weighted by atomic mass is 9.67. The van der Waals surface area contributed by atoms with Crippen LogP contribution >= 0.6 is 11.6 Å². The molecule has 234 valence electrons. The molecule has 9 nitrogen and oxygen atoms in total. The van der Waals surface area contributed by atoms with Gasteiger partial charge in [-0.15, -0.1) is 0 Å².